The van der Waals surface area contributed by atoms with Gasteiger partial charge in [-0.3, -0.25) is 4.79 Å². The third-order valence-corrected chi connectivity index (χ3v) is 5.07. The van der Waals surface area contributed by atoms with Crippen molar-refractivity contribution in [3.8, 4) is 5.75 Å². The van der Waals surface area contributed by atoms with Crippen molar-refractivity contribution in [1.29, 1.82) is 0 Å². The van der Waals surface area contributed by atoms with Gasteiger partial charge in [-0.05, 0) is 49.9 Å². The second kappa shape index (κ2) is 7.88. The number of carbonyl (C=O) groups excluding carboxylic acids is 1. The van der Waals surface area contributed by atoms with E-state index in [4.69, 9.17) is 4.74 Å². The molecule has 7 nitrogen and oxygen atoms in total. The molecule has 3 aromatic rings. The molecule has 1 N–H and O–H groups in total. The number of ether oxygens (including phenoxy) is 1. The molecule has 1 aliphatic heterocycles. The van der Waals surface area contributed by atoms with Gasteiger partial charge in [0.05, 0.1) is 17.6 Å². The average Bonchev–Trinajstić information content (AvgIpc) is 3.08. The predicted molar refractivity (Wildman–Crippen MR) is 109 cm³/mol. The van der Waals surface area contributed by atoms with Crippen LogP contribution >= 0.6 is 0 Å². The van der Waals surface area contributed by atoms with Crippen LogP contribution in [-0.2, 0) is 4.79 Å². The SMILES string of the molecule is Cc1cn2cccc(OCC(=O)Nc3ccc(N4CCC(C)CC4)nc3)c2n1. The third kappa shape index (κ3) is 4.08. The van der Waals surface area contributed by atoms with E-state index in [0.29, 0.717) is 17.1 Å². The zero-order valence-corrected chi connectivity index (χ0v) is 16.3. The van der Waals surface area contributed by atoms with E-state index in [1.807, 2.05) is 48.0 Å². The fraction of sp³-hybridized carbons (Fsp3) is 0.381. The van der Waals surface area contributed by atoms with Gasteiger partial charge in [-0.1, -0.05) is 6.92 Å². The van der Waals surface area contributed by atoms with Crippen LogP contribution in [0.1, 0.15) is 25.5 Å². The Kier molecular flexibility index (Phi) is 5.14. The molecule has 146 valence electrons. The second-order valence-corrected chi connectivity index (χ2v) is 7.40. The molecule has 0 saturated carbocycles. The van der Waals surface area contributed by atoms with E-state index in [0.717, 1.165) is 30.5 Å². The molecule has 0 atom stereocenters. The van der Waals surface area contributed by atoms with Crippen molar-refractivity contribution in [3.63, 3.8) is 0 Å². The number of nitrogens with one attached hydrogen (secondary N) is 1. The first-order valence-electron chi connectivity index (χ1n) is 9.66. The zero-order chi connectivity index (χ0) is 19.5. The Balaban J connectivity index is 1.33. The van der Waals surface area contributed by atoms with Gasteiger partial charge in [-0.2, -0.15) is 0 Å². The fourth-order valence-corrected chi connectivity index (χ4v) is 3.45. The van der Waals surface area contributed by atoms with Gasteiger partial charge in [-0.15, -0.1) is 0 Å². The summed E-state index contributed by atoms with van der Waals surface area (Å²) >= 11 is 0. The molecule has 0 unspecified atom stereocenters. The number of hydrogen-bond acceptors (Lipinski definition) is 5. The van der Waals surface area contributed by atoms with E-state index < -0.39 is 0 Å². The number of piperidine rings is 1. The Labute approximate surface area is 164 Å². The maximum atomic E-state index is 12.2. The summed E-state index contributed by atoms with van der Waals surface area (Å²) in [6.07, 6.45) is 7.90. The summed E-state index contributed by atoms with van der Waals surface area (Å²) in [7, 11) is 0. The van der Waals surface area contributed by atoms with Crippen molar-refractivity contribution in [1.82, 2.24) is 14.4 Å². The van der Waals surface area contributed by atoms with E-state index in [2.05, 4.69) is 27.1 Å². The van der Waals surface area contributed by atoms with Crippen LogP contribution < -0.4 is 15.0 Å². The normalized spacial score (nSPS) is 15.0. The number of hydrogen-bond donors (Lipinski definition) is 1. The molecule has 4 rings (SSSR count). The number of imidazole rings is 1. The average molecular weight is 379 g/mol. The van der Waals surface area contributed by atoms with Crippen molar-refractivity contribution in [2.75, 3.05) is 29.9 Å². The molecule has 4 heterocycles. The Hall–Kier alpha value is -3.09. The molecule has 28 heavy (non-hydrogen) atoms. The van der Waals surface area contributed by atoms with E-state index in [1.165, 1.54) is 12.8 Å². The van der Waals surface area contributed by atoms with Crippen LogP contribution in [0.15, 0.2) is 42.9 Å². The molecule has 0 aliphatic carbocycles. The Morgan fingerprint density at radius 2 is 2.11 bits per heavy atom. The van der Waals surface area contributed by atoms with Crippen LogP contribution in [0, 0.1) is 12.8 Å². The summed E-state index contributed by atoms with van der Waals surface area (Å²) in [4.78, 5) is 23.5. The molecule has 0 spiro atoms. The van der Waals surface area contributed by atoms with Crippen LogP contribution in [0.2, 0.25) is 0 Å². The van der Waals surface area contributed by atoms with Crippen LogP contribution in [0.4, 0.5) is 11.5 Å². The number of anilines is 2. The lowest BCUT2D eigenvalue weighted by Gasteiger charge is -2.31. The first-order valence-corrected chi connectivity index (χ1v) is 9.66. The summed E-state index contributed by atoms with van der Waals surface area (Å²) in [6, 6.07) is 7.52. The Bertz CT molecular complexity index is 959. The van der Waals surface area contributed by atoms with E-state index >= 15 is 0 Å². The number of rotatable bonds is 5. The first kappa shape index (κ1) is 18.3. The van der Waals surface area contributed by atoms with Crippen molar-refractivity contribution in [2.24, 2.45) is 5.92 Å². The smallest absolute Gasteiger partial charge is 0.262 e. The Morgan fingerprint density at radius 3 is 2.86 bits per heavy atom. The minimum absolute atomic E-state index is 0.0860. The van der Waals surface area contributed by atoms with E-state index in [9.17, 15) is 4.79 Å². The van der Waals surface area contributed by atoms with Crippen molar-refractivity contribution >= 4 is 23.1 Å². The van der Waals surface area contributed by atoms with Gasteiger partial charge in [0.25, 0.3) is 5.91 Å². The number of aryl methyl sites for hydroxylation is 1. The standard InChI is InChI=1S/C21H25N5O2/c1-15-7-10-25(11-8-15)19-6-5-17(12-22-19)24-20(27)14-28-18-4-3-9-26-13-16(2)23-21(18)26/h3-6,9,12-13,15H,7-8,10-11,14H2,1-2H3,(H,24,27). The van der Waals surface area contributed by atoms with Gasteiger partial charge in [-0.25, -0.2) is 9.97 Å². The van der Waals surface area contributed by atoms with Crippen molar-refractivity contribution < 1.29 is 9.53 Å². The number of carbonyl (C=O) groups is 1. The van der Waals surface area contributed by atoms with Crippen LogP contribution in [0.5, 0.6) is 5.75 Å². The van der Waals surface area contributed by atoms with Crippen LogP contribution in [-0.4, -0.2) is 40.0 Å². The van der Waals surface area contributed by atoms with Crippen molar-refractivity contribution in [2.45, 2.75) is 26.7 Å². The quantitative estimate of drug-likeness (QED) is 0.736. The summed E-state index contributed by atoms with van der Waals surface area (Å²) in [6.45, 7) is 6.20. The van der Waals surface area contributed by atoms with Crippen LogP contribution in [0.3, 0.4) is 0 Å². The minimum atomic E-state index is -0.230. The Morgan fingerprint density at radius 1 is 1.29 bits per heavy atom. The number of amides is 1. The molecule has 1 fully saturated rings. The number of aromatic nitrogens is 3. The predicted octanol–water partition coefficient (Wildman–Crippen LogP) is 3.29. The molecule has 1 aliphatic rings. The molecule has 0 bridgehead atoms. The zero-order valence-electron chi connectivity index (χ0n) is 16.3. The maximum absolute atomic E-state index is 12.2. The fourth-order valence-electron chi connectivity index (χ4n) is 3.45. The first-order chi connectivity index (χ1) is 13.6. The van der Waals surface area contributed by atoms with Crippen molar-refractivity contribution in [3.05, 3.63) is 48.5 Å². The highest BCUT2D eigenvalue weighted by molar-refractivity contribution is 5.91. The lowest BCUT2D eigenvalue weighted by molar-refractivity contribution is -0.118. The minimum Gasteiger partial charge on any atom is -0.480 e. The molecule has 1 amide bonds. The van der Waals surface area contributed by atoms with Crippen LogP contribution in [0.25, 0.3) is 5.65 Å². The maximum Gasteiger partial charge on any atom is 0.262 e. The second-order valence-electron chi connectivity index (χ2n) is 7.40. The van der Waals surface area contributed by atoms with Gasteiger partial charge >= 0.3 is 0 Å². The lowest BCUT2D eigenvalue weighted by atomic mass is 9.99. The van der Waals surface area contributed by atoms with E-state index in [-0.39, 0.29) is 12.5 Å². The summed E-state index contributed by atoms with van der Waals surface area (Å²) in [5, 5.41) is 2.83. The summed E-state index contributed by atoms with van der Waals surface area (Å²) in [5.74, 6) is 2.10. The van der Waals surface area contributed by atoms with E-state index in [1.54, 1.807) is 6.20 Å². The van der Waals surface area contributed by atoms with Gasteiger partial charge < -0.3 is 19.4 Å². The topological polar surface area (TPSA) is 71.8 Å². The number of nitrogens with zero attached hydrogens (tertiary/aromatic N) is 4. The monoisotopic (exact) mass is 379 g/mol. The largest absolute Gasteiger partial charge is 0.480 e. The van der Waals surface area contributed by atoms with Gasteiger partial charge in [0.15, 0.2) is 18.0 Å². The summed E-state index contributed by atoms with van der Waals surface area (Å²) < 4.78 is 7.55. The third-order valence-electron chi connectivity index (χ3n) is 5.07. The molecule has 7 heteroatoms. The number of fused-ring (bicyclic) bond motifs is 1. The van der Waals surface area contributed by atoms with Gasteiger partial charge in [0, 0.05) is 25.5 Å². The number of pyridine rings is 2. The highest BCUT2D eigenvalue weighted by Crippen LogP contribution is 2.22. The lowest BCUT2D eigenvalue weighted by Crippen LogP contribution is -2.33. The summed E-state index contributed by atoms with van der Waals surface area (Å²) in [5.41, 5.74) is 2.27. The van der Waals surface area contributed by atoms with Gasteiger partial charge in [0.2, 0.25) is 0 Å². The molecule has 0 radical (unpaired) electrons. The molecular weight excluding hydrogens is 354 g/mol. The molecule has 1 saturated heterocycles. The molecular formula is C21H25N5O2. The highest BCUT2D eigenvalue weighted by Gasteiger charge is 2.17. The molecule has 0 aromatic carbocycles. The van der Waals surface area contributed by atoms with Gasteiger partial charge in [0.1, 0.15) is 5.82 Å². The molecule has 3 aromatic heterocycles. The highest BCUT2D eigenvalue weighted by atomic mass is 16.5.